The van der Waals surface area contributed by atoms with E-state index in [1.807, 2.05) is 35.3 Å². The zero-order chi connectivity index (χ0) is 30.0. The molecule has 0 spiro atoms. The van der Waals surface area contributed by atoms with Crippen LogP contribution in [-0.4, -0.2) is 26.1 Å². The largest absolute Gasteiger partial charge is 0.377 e. The first-order valence-electron chi connectivity index (χ1n) is 13.8. The minimum Gasteiger partial charge on any atom is -0.377 e. The van der Waals surface area contributed by atoms with Gasteiger partial charge in [-0.3, -0.25) is 9.99 Å². The number of benzene rings is 2. The smallest absolute Gasteiger partial charge is 0.209 e. The van der Waals surface area contributed by atoms with Crippen molar-refractivity contribution in [2.75, 3.05) is 10.6 Å². The molecule has 1 saturated carbocycles. The summed E-state index contributed by atoms with van der Waals surface area (Å²) in [5, 5.41) is 41.3. The fourth-order valence-electron chi connectivity index (χ4n) is 5.17. The van der Waals surface area contributed by atoms with E-state index in [0.29, 0.717) is 63.0 Å². The molecule has 1 fully saturated rings. The van der Waals surface area contributed by atoms with Crippen LogP contribution < -0.4 is 21.6 Å². The van der Waals surface area contributed by atoms with Crippen molar-refractivity contribution in [3.05, 3.63) is 106 Å². The highest BCUT2D eigenvalue weighted by Gasteiger charge is 2.41. The van der Waals surface area contributed by atoms with Gasteiger partial charge in [-0.2, -0.15) is 10.5 Å². The Morgan fingerprint density at radius 2 is 1.93 bits per heavy atom. The van der Waals surface area contributed by atoms with Crippen LogP contribution in [-0.2, 0) is 5.72 Å². The van der Waals surface area contributed by atoms with Crippen molar-refractivity contribution in [1.82, 2.24) is 25.9 Å². The lowest BCUT2D eigenvalue weighted by atomic mass is 9.99. The van der Waals surface area contributed by atoms with Gasteiger partial charge in [-0.15, -0.1) is 5.53 Å². The van der Waals surface area contributed by atoms with Crippen molar-refractivity contribution in [1.29, 1.82) is 10.5 Å². The lowest BCUT2D eigenvalue weighted by Crippen LogP contribution is -2.45. The lowest BCUT2D eigenvalue weighted by molar-refractivity contribution is 0.0984. The van der Waals surface area contributed by atoms with E-state index in [4.69, 9.17) is 23.2 Å². The number of rotatable bonds is 10. The van der Waals surface area contributed by atoms with Gasteiger partial charge in [0.05, 0.1) is 33.9 Å². The number of aromatic nitrogens is 2. The molecule has 1 aliphatic carbocycles. The van der Waals surface area contributed by atoms with Gasteiger partial charge >= 0.3 is 0 Å². The average Bonchev–Trinajstić information content (AvgIpc) is 3.75. The summed E-state index contributed by atoms with van der Waals surface area (Å²) < 4.78 is 0. The predicted molar refractivity (Wildman–Crippen MR) is 165 cm³/mol. The number of nitrogens with one attached hydrogen (secondary N) is 4. The summed E-state index contributed by atoms with van der Waals surface area (Å²) in [7, 11) is 0. The number of fused-ring (bicyclic) bond motifs is 1. The summed E-state index contributed by atoms with van der Waals surface area (Å²) in [5.41, 5.74) is 7.79. The topological polar surface area (TPSA) is 145 Å². The van der Waals surface area contributed by atoms with Gasteiger partial charge in [-0.05, 0) is 49.1 Å². The fourth-order valence-corrected chi connectivity index (χ4v) is 5.69. The highest BCUT2D eigenvalue weighted by molar-refractivity contribution is 6.36. The summed E-state index contributed by atoms with van der Waals surface area (Å²) in [5.74, 6) is 0. The van der Waals surface area contributed by atoms with E-state index >= 15 is 0 Å². The normalized spacial score (nSPS) is 16.4. The molecule has 0 radical (unpaired) electrons. The minimum atomic E-state index is -1.84. The van der Waals surface area contributed by atoms with Gasteiger partial charge < -0.3 is 21.2 Å². The SMILES string of the molecule is N#CCC[C@@H](Nc1c(C#N)cnc2c(Cl)cc(N[C@](O)(C3=CN(C4CC4)NN3)c3cccnc3Cl)cc12)c1ccccc1. The first-order valence-corrected chi connectivity index (χ1v) is 14.5. The van der Waals surface area contributed by atoms with Gasteiger partial charge in [0.15, 0.2) is 0 Å². The monoisotopic (exact) mass is 611 g/mol. The molecule has 5 N–H and O–H groups in total. The van der Waals surface area contributed by atoms with Crippen molar-refractivity contribution in [2.45, 2.75) is 43.5 Å². The Balaban J connectivity index is 1.45. The Bertz CT molecular complexity index is 1780. The molecule has 1 aliphatic heterocycles. The fraction of sp³-hybridized carbons (Fsp3) is 0.226. The van der Waals surface area contributed by atoms with Crippen molar-refractivity contribution < 1.29 is 5.11 Å². The maximum absolute atomic E-state index is 12.3. The quantitative estimate of drug-likeness (QED) is 0.109. The summed E-state index contributed by atoms with van der Waals surface area (Å²) in [6, 6.07) is 21.1. The molecule has 6 rings (SSSR count). The van der Waals surface area contributed by atoms with Gasteiger partial charge in [0, 0.05) is 47.7 Å². The zero-order valence-corrected chi connectivity index (χ0v) is 24.4. The third-order valence-electron chi connectivity index (χ3n) is 7.50. The summed E-state index contributed by atoms with van der Waals surface area (Å²) in [6.07, 6.45) is 7.75. The molecule has 2 aromatic carbocycles. The van der Waals surface area contributed by atoms with Gasteiger partial charge in [0.1, 0.15) is 16.9 Å². The molecule has 43 heavy (non-hydrogen) atoms. The predicted octanol–water partition coefficient (Wildman–Crippen LogP) is 5.85. The molecule has 2 aromatic heterocycles. The van der Waals surface area contributed by atoms with Crippen LogP contribution in [0.5, 0.6) is 0 Å². The summed E-state index contributed by atoms with van der Waals surface area (Å²) >= 11 is 13.3. The molecule has 2 aliphatic rings. The Kier molecular flexibility index (Phi) is 7.94. The molecule has 4 aromatic rings. The molecule has 216 valence electrons. The highest BCUT2D eigenvalue weighted by Crippen LogP contribution is 2.40. The first-order chi connectivity index (χ1) is 20.9. The molecule has 10 nitrogen and oxygen atoms in total. The molecule has 0 unspecified atom stereocenters. The Morgan fingerprint density at radius 1 is 1.12 bits per heavy atom. The lowest BCUT2D eigenvalue weighted by Gasteiger charge is -2.32. The first kappa shape index (κ1) is 28.5. The Labute approximate surface area is 258 Å². The second kappa shape index (κ2) is 12.0. The van der Waals surface area contributed by atoms with Gasteiger partial charge in [-0.25, -0.2) is 4.98 Å². The van der Waals surface area contributed by atoms with E-state index in [2.05, 4.69) is 43.7 Å². The van der Waals surface area contributed by atoms with Crippen LogP contribution in [0.2, 0.25) is 10.2 Å². The van der Waals surface area contributed by atoms with E-state index in [1.54, 1.807) is 36.7 Å². The third kappa shape index (κ3) is 5.74. The zero-order valence-electron chi connectivity index (χ0n) is 22.9. The number of hydrogen-bond acceptors (Lipinski definition) is 10. The maximum Gasteiger partial charge on any atom is 0.209 e. The number of anilines is 2. The average molecular weight is 613 g/mol. The van der Waals surface area contributed by atoms with Crippen LogP contribution in [0.3, 0.4) is 0 Å². The van der Waals surface area contributed by atoms with Crippen molar-refractivity contribution in [3.63, 3.8) is 0 Å². The van der Waals surface area contributed by atoms with E-state index in [-0.39, 0.29) is 11.2 Å². The van der Waals surface area contributed by atoms with Gasteiger partial charge in [-0.1, -0.05) is 53.5 Å². The molecular formula is C31H27Cl2N9O. The molecule has 0 amide bonds. The van der Waals surface area contributed by atoms with Crippen molar-refractivity contribution in [2.24, 2.45) is 0 Å². The molecule has 0 saturated heterocycles. The van der Waals surface area contributed by atoms with Crippen LogP contribution >= 0.6 is 23.2 Å². The number of halogens is 2. The third-order valence-corrected chi connectivity index (χ3v) is 8.09. The number of nitriles is 2. The van der Waals surface area contributed by atoms with Gasteiger partial charge in [0.2, 0.25) is 5.72 Å². The summed E-state index contributed by atoms with van der Waals surface area (Å²) in [4.78, 5) is 8.66. The maximum atomic E-state index is 12.3. The van der Waals surface area contributed by atoms with Crippen molar-refractivity contribution >= 4 is 45.5 Å². The molecule has 3 heterocycles. The van der Waals surface area contributed by atoms with Crippen LogP contribution in [0, 0.1) is 22.7 Å². The second-order valence-corrected chi connectivity index (χ2v) is 11.2. The molecule has 2 atom stereocenters. The van der Waals surface area contributed by atoms with E-state index in [9.17, 15) is 15.6 Å². The highest BCUT2D eigenvalue weighted by atomic mass is 35.5. The van der Waals surface area contributed by atoms with E-state index in [1.165, 1.54) is 6.20 Å². The minimum absolute atomic E-state index is 0.121. The molecular weight excluding hydrogens is 585 g/mol. The van der Waals surface area contributed by atoms with Crippen LogP contribution in [0.15, 0.2) is 78.9 Å². The van der Waals surface area contributed by atoms with Crippen LogP contribution in [0.1, 0.15) is 48.4 Å². The Morgan fingerprint density at radius 3 is 2.65 bits per heavy atom. The standard InChI is InChI=1S/C31H27Cl2N9O/c32-25-15-21(39-31(43,24-8-5-13-36-30(24)33)27-18-42(41-40-27)22-10-11-22)14-23-28(20(16-35)17-37-29(23)25)38-26(9-4-12-34)19-6-2-1-3-7-19/h1-3,5-8,13-15,17-18,22,26,39-41,43H,4,9-11H2,(H,37,38)/t26-,31-/m1/s1. The number of hydrogen-bond donors (Lipinski definition) is 5. The molecule has 0 bridgehead atoms. The number of nitrogens with zero attached hydrogens (tertiary/aromatic N) is 5. The van der Waals surface area contributed by atoms with Crippen LogP contribution in [0.4, 0.5) is 11.4 Å². The van der Waals surface area contributed by atoms with E-state index in [0.717, 1.165) is 18.4 Å². The van der Waals surface area contributed by atoms with Gasteiger partial charge in [0.25, 0.3) is 0 Å². The number of pyridine rings is 2. The van der Waals surface area contributed by atoms with E-state index < -0.39 is 5.72 Å². The second-order valence-electron chi connectivity index (χ2n) is 10.4. The summed E-state index contributed by atoms with van der Waals surface area (Å²) in [6.45, 7) is 0. The number of aliphatic hydroxyl groups is 1. The Hall–Kier alpha value is -4.58. The van der Waals surface area contributed by atoms with Crippen molar-refractivity contribution in [3.8, 4) is 12.1 Å². The molecule has 12 heteroatoms. The number of hydrazine groups is 2. The van der Waals surface area contributed by atoms with Crippen LogP contribution in [0.25, 0.3) is 10.9 Å².